The molecule has 0 amide bonds. The summed E-state index contributed by atoms with van der Waals surface area (Å²) in [6, 6.07) is 17.8. The standard InChI is InChI=1S/C23H25NO4/c25-15-19-21(17-11-5-2-6-12-17)22(24(27)28)20(16-9-3-1-4-10-16)18-13-7-8-14-23(18,19)26/h1-6,9-12,15,18-22,26H,7-8,13-14H2/t18-,19-,20+,21-,22-,23+/m1/s1. The van der Waals surface area contributed by atoms with E-state index in [0.29, 0.717) is 12.8 Å². The van der Waals surface area contributed by atoms with Crippen LogP contribution in [0.3, 0.4) is 0 Å². The van der Waals surface area contributed by atoms with Crippen molar-refractivity contribution in [2.75, 3.05) is 0 Å². The van der Waals surface area contributed by atoms with Gasteiger partial charge in [-0.3, -0.25) is 10.1 Å². The van der Waals surface area contributed by atoms with Gasteiger partial charge in [0.1, 0.15) is 6.29 Å². The van der Waals surface area contributed by atoms with Crippen molar-refractivity contribution in [2.24, 2.45) is 11.8 Å². The van der Waals surface area contributed by atoms with Gasteiger partial charge in [0.25, 0.3) is 0 Å². The monoisotopic (exact) mass is 379 g/mol. The second-order valence-electron chi connectivity index (χ2n) is 8.15. The Kier molecular flexibility index (Phi) is 5.02. The number of nitro groups is 1. The maximum absolute atomic E-state index is 12.4. The van der Waals surface area contributed by atoms with E-state index in [9.17, 15) is 20.0 Å². The van der Waals surface area contributed by atoms with Crippen molar-refractivity contribution >= 4 is 6.29 Å². The van der Waals surface area contributed by atoms with Crippen LogP contribution < -0.4 is 0 Å². The molecule has 5 heteroatoms. The fourth-order valence-electron chi connectivity index (χ4n) is 5.75. The minimum Gasteiger partial charge on any atom is -0.389 e. The molecule has 2 aromatic carbocycles. The number of hydrogen-bond acceptors (Lipinski definition) is 4. The molecule has 2 aromatic rings. The number of rotatable bonds is 4. The van der Waals surface area contributed by atoms with Gasteiger partial charge in [0.05, 0.1) is 23.4 Å². The summed E-state index contributed by atoms with van der Waals surface area (Å²) in [7, 11) is 0. The molecule has 0 aromatic heterocycles. The van der Waals surface area contributed by atoms with Crippen molar-refractivity contribution in [3.8, 4) is 0 Å². The van der Waals surface area contributed by atoms with Crippen molar-refractivity contribution in [3.05, 3.63) is 81.9 Å². The zero-order chi connectivity index (χ0) is 19.7. The predicted octanol–water partition coefficient (Wildman–Crippen LogP) is 3.95. The number of benzene rings is 2. The van der Waals surface area contributed by atoms with E-state index in [1.54, 1.807) is 0 Å². The summed E-state index contributed by atoms with van der Waals surface area (Å²) >= 11 is 0. The molecule has 0 unspecified atom stereocenters. The van der Waals surface area contributed by atoms with E-state index in [4.69, 9.17) is 0 Å². The summed E-state index contributed by atoms with van der Waals surface area (Å²) in [6.07, 6.45) is 3.74. The van der Waals surface area contributed by atoms with Crippen molar-refractivity contribution in [1.82, 2.24) is 0 Å². The molecule has 0 aliphatic heterocycles. The van der Waals surface area contributed by atoms with Crippen molar-refractivity contribution in [3.63, 3.8) is 0 Å². The average Bonchev–Trinajstić information content (AvgIpc) is 2.72. The van der Waals surface area contributed by atoms with Gasteiger partial charge in [-0.1, -0.05) is 73.5 Å². The van der Waals surface area contributed by atoms with E-state index in [1.807, 2.05) is 60.7 Å². The zero-order valence-electron chi connectivity index (χ0n) is 15.7. The normalized spacial score (nSPS) is 35.0. The van der Waals surface area contributed by atoms with E-state index in [-0.39, 0.29) is 10.8 Å². The number of nitrogens with zero attached hydrogens (tertiary/aromatic N) is 1. The first kappa shape index (κ1) is 18.8. The van der Waals surface area contributed by atoms with Gasteiger partial charge in [0.15, 0.2) is 0 Å². The summed E-state index contributed by atoms with van der Waals surface area (Å²) in [4.78, 5) is 24.4. The van der Waals surface area contributed by atoms with Crippen LogP contribution in [0.25, 0.3) is 0 Å². The van der Waals surface area contributed by atoms with Crippen molar-refractivity contribution in [2.45, 2.75) is 49.2 Å². The molecule has 28 heavy (non-hydrogen) atoms. The third kappa shape index (κ3) is 2.94. The molecule has 2 aliphatic carbocycles. The number of aldehydes is 1. The Labute approximate surface area is 164 Å². The van der Waals surface area contributed by atoms with Crippen LogP contribution in [-0.2, 0) is 4.79 Å². The van der Waals surface area contributed by atoms with E-state index in [2.05, 4.69) is 0 Å². The first-order valence-electron chi connectivity index (χ1n) is 9.99. The first-order chi connectivity index (χ1) is 13.6. The van der Waals surface area contributed by atoms with Gasteiger partial charge in [-0.15, -0.1) is 0 Å². The fourth-order valence-corrected chi connectivity index (χ4v) is 5.75. The molecular weight excluding hydrogens is 354 g/mol. The van der Waals surface area contributed by atoms with Crippen molar-refractivity contribution < 1.29 is 14.8 Å². The largest absolute Gasteiger partial charge is 0.389 e. The highest BCUT2D eigenvalue weighted by Gasteiger charge is 2.63. The van der Waals surface area contributed by atoms with Gasteiger partial charge < -0.3 is 9.90 Å². The van der Waals surface area contributed by atoms with Gasteiger partial charge in [-0.2, -0.15) is 0 Å². The average molecular weight is 379 g/mol. The van der Waals surface area contributed by atoms with E-state index in [1.165, 1.54) is 0 Å². The quantitative estimate of drug-likeness (QED) is 0.495. The van der Waals surface area contributed by atoms with Gasteiger partial charge in [0, 0.05) is 10.8 Å². The number of carbonyl (C=O) groups is 1. The Hall–Kier alpha value is -2.53. The molecule has 6 atom stereocenters. The first-order valence-corrected chi connectivity index (χ1v) is 9.99. The number of fused-ring (bicyclic) bond motifs is 1. The van der Waals surface area contributed by atoms with Crippen LogP contribution >= 0.6 is 0 Å². The minimum absolute atomic E-state index is 0.222. The Morgan fingerprint density at radius 1 is 0.964 bits per heavy atom. The fraction of sp³-hybridized carbons (Fsp3) is 0.435. The molecule has 0 heterocycles. The summed E-state index contributed by atoms with van der Waals surface area (Å²) in [5.74, 6) is -2.16. The lowest BCUT2D eigenvalue weighted by atomic mass is 9.51. The third-order valence-electron chi connectivity index (χ3n) is 6.88. The number of hydrogen-bond donors (Lipinski definition) is 1. The summed E-state index contributed by atoms with van der Waals surface area (Å²) in [5, 5.41) is 24.1. The molecule has 0 radical (unpaired) electrons. The van der Waals surface area contributed by atoms with Gasteiger partial charge in [-0.25, -0.2) is 0 Å². The van der Waals surface area contributed by atoms with Gasteiger partial charge >= 0.3 is 0 Å². The Balaban J connectivity index is 1.93. The lowest BCUT2D eigenvalue weighted by molar-refractivity contribution is -0.541. The molecule has 1 N–H and O–H groups in total. The molecule has 5 nitrogen and oxygen atoms in total. The molecular formula is C23H25NO4. The van der Waals surface area contributed by atoms with Crippen LogP contribution in [0.2, 0.25) is 0 Å². The maximum atomic E-state index is 12.4. The van der Waals surface area contributed by atoms with Crippen LogP contribution in [0.5, 0.6) is 0 Å². The SMILES string of the molecule is O=C[C@@H]1[C@@H](c2ccccc2)[C@H]([N+](=O)[O-])[C@@H](c2ccccc2)[C@H]2CCCC[C@@]12O. The van der Waals surface area contributed by atoms with E-state index < -0.39 is 29.4 Å². The van der Waals surface area contributed by atoms with Gasteiger partial charge in [0.2, 0.25) is 6.04 Å². The van der Waals surface area contributed by atoms with E-state index in [0.717, 1.165) is 30.3 Å². The summed E-state index contributed by atoms with van der Waals surface area (Å²) in [6.45, 7) is 0. The molecule has 2 aliphatic rings. The topological polar surface area (TPSA) is 80.4 Å². The third-order valence-corrected chi connectivity index (χ3v) is 6.88. The lowest BCUT2D eigenvalue weighted by Gasteiger charge is -2.54. The molecule has 4 rings (SSSR count). The van der Waals surface area contributed by atoms with Crippen LogP contribution in [0.1, 0.15) is 48.6 Å². The summed E-state index contributed by atoms with van der Waals surface area (Å²) in [5.41, 5.74) is 0.410. The Bertz CT molecular complexity index is 840. The molecule has 0 saturated heterocycles. The Morgan fingerprint density at radius 2 is 1.54 bits per heavy atom. The molecule has 146 valence electrons. The maximum Gasteiger partial charge on any atom is 0.227 e. The van der Waals surface area contributed by atoms with Crippen LogP contribution in [-0.4, -0.2) is 28.0 Å². The second-order valence-corrected chi connectivity index (χ2v) is 8.15. The highest BCUT2D eigenvalue weighted by molar-refractivity contribution is 5.60. The zero-order valence-corrected chi connectivity index (χ0v) is 15.7. The van der Waals surface area contributed by atoms with E-state index >= 15 is 0 Å². The predicted molar refractivity (Wildman–Crippen MR) is 106 cm³/mol. The molecule has 0 bridgehead atoms. The minimum atomic E-state index is -1.21. The summed E-state index contributed by atoms with van der Waals surface area (Å²) < 4.78 is 0. The van der Waals surface area contributed by atoms with Crippen LogP contribution in [0.15, 0.2) is 60.7 Å². The van der Waals surface area contributed by atoms with Crippen molar-refractivity contribution in [1.29, 1.82) is 0 Å². The highest BCUT2D eigenvalue weighted by atomic mass is 16.6. The van der Waals surface area contributed by atoms with Crippen LogP contribution in [0, 0.1) is 22.0 Å². The number of aliphatic hydroxyl groups is 1. The number of carbonyl (C=O) groups excluding carboxylic acids is 1. The highest BCUT2D eigenvalue weighted by Crippen LogP contribution is 2.57. The molecule has 0 spiro atoms. The smallest absolute Gasteiger partial charge is 0.227 e. The second kappa shape index (κ2) is 7.47. The Morgan fingerprint density at radius 3 is 2.07 bits per heavy atom. The van der Waals surface area contributed by atoms with Gasteiger partial charge in [-0.05, 0) is 24.0 Å². The van der Waals surface area contributed by atoms with Crippen LogP contribution in [0.4, 0.5) is 0 Å². The molecule has 2 saturated carbocycles. The lowest BCUT2D eigenvalue weighted by Crippen LogP contribution is -2.61. The molecule has 2 fully saturated rings.